The molecule has 2 bridgehead atoms. The van der Waals surface area contributed by atoms with E-state index in [0.29, 0.717) is 51.9 Å². The Bertz CT molecular complexity index is 2480. The molecule has 3 aromatic heterocycles. The van der Waals surface area contributed by atoms with Crippen molar-refractivity contribution in [2.24, 2.45) is 0 Å². The summed E-state index contributed by atoms with van der Waals surface area (Å²) in [5.41, 5.74) is 2.63. The highest BCUT2D eigenvalue weighted by molar-refractivity contribution is 7.22. The van der Waals surface area contributed by atoms with E-state index in [-0.39, 0.29) is 54.6 Å². The SMILES string of the molecule is C#C/C(Cl)=C1\C=C/Cc2c(-c3ccc(F)cc3)sc3ncnc(c23)O[C@@H](C(=O)O)Cc2cc(ccc2OCc2ccnc([C@@H]3CCCCO3)n2)OC[C@@H](CN2CCN(C)CC2)O1. The van der Waals surface area contributed by atoms with Gasteiger partial charge in [-0.2, -0.15) is 0 Å². The summed E-state index contributed by atoms with van der Waals surface area (Å²) in [6, 6.07) is 13.2. The van der Waals surface area contributed by atoms with Crippen LogP contribution in [0.1, 0.15) is 48.0 Å². The number of carboxylic acid groups (broad SMARTS) is 1. The van der Waals surface area contributed by atoms with Crippen molar-refractivity contribution in [3.63, 3.8) is 0 Å². The molecule has 0 saturated carbocycles. The second kappa shape index (κ2) is 20.0. The number of carboxylic acids is 1. The van der Waals surface area contributed by atoms with Gasteiger partial charge in [-0.1, -0.05) is 35.7 Å². The number of aliphatic carboxylic acids is 1. The molecule has 2 aromatic carbocycles. The van der Waals surface area contributed by atoms with Crippen molar-refractivity contribution >= 4 is 39.1 Å². The zero-order valence-corrected chi connectivity index (χ0v) is 35.7. The quantitative estimate of drug-likeness (QED) is 0.155. The molecule has 62 heavy (non-hydrogen) atoms. The number of aromatic nitrogens is 4. The minimum Gasteiger partial charge on any atom is -0.490 e. The molecular formula is C46H46ClFN6O7S. The highest BCUT2D eigenvalue weighted by atomic mass is 35.5. The van der Waals surface area contributed by atoms with Crippen LogP contribution in [0.3, 0.4) is 0 Å². The third-order valence-electron chi connectivity index (χ3n) is 10.9. The van der Waals surface area contributed by atoms with Gasteiger partial charge in [-0.25, -0.2) is 29.1 Å². The number of likely N-dealkylation sites (N-methyl/N-ethyl adjacent to an activating group) is 1. The lowest BCUT2D eigenvalue weighted by Gasteiger charge is -2.34. The number of thiophene rings is 1. The molecule has 16 heteroatoms. The summed E-state index contributed by atoms with van der Waals surface area (Å²) in [5, 5.41) is 11.3. The molecule has 6 heterocycles. The summed E-state index contributed by atoms with van der Waals surface area (Å²) in [5.74, 6) is 2.78. The molecule has 322 valence electrons. The van der Waals surface area contributed by atoms with E-state index in [1.807, 2.05) is 6.08 Å². The molecule has 3 aliphatic heterocycles. The van der Waals surface area contributed by atoms with E-state index < -0.39 is 18.2 Å². The fraction of sp³-hybridized carbons (Fsp3) is 0.370. The molecule has 8 rings (SSSR count). The number of ether oxygens (including phenoxy) is 5. The smallest absolute Gasteiger partial charge is 0.345 e. The van der Waals surface area contributed by atoms with Crippen molar-refractivity contribution < 1.29 is 38.0 Å². The first-order valence-corrected chi connectivity index (χ1v) is 21.7. The summed E-state index contributed by atoms with van der Waals surface area (Å²) < 4.78 is 45.9. The fourth-order valence-electron chi connectivity index (χ4n) is 7.61. The molecule has 1 N–H and O–H groups in total. The monoisotopic (exact) mass is 880 g/mol. The number of benzene rings is 2. The fourth-order valence-corrected chi connectivity index (χ4v) is 8.89. The van der Waals surface area contributed by atoms with Crippen LogP contribution in [0.5, 0.6) is 17.4 Å². The summed E-state index contributed by atoms with van der Waals surface area (Å²) in [6.07, 6.45) is 13.4. The summed E-state index contributed by atoms with van der Waals surface area (Å²) in [7, 11) is 2.10. The van der Waals surface area contributed by atoms with Gasteiger partial charge in [-0.05, 0) is 86.3 Å². The molecule has 3 aliphatic rings. The highest BCUT2D eigenvalue weighted by Crippen LogP contribution is 2.42. The van der Waals surface area contributed by atoms with Crippen LogP contribution in [0.25, 0.3) is 20.7 Å². The Morgan fingerprint density at radius 3 is 2.69 bits per heavy atom. The van der Waals surface area contributed by atoms with Gasteiger partial charge in [-0.3, -0.25) is 4.90 Å². The van der Waals surface area contributed by atoms with Crippen LogP contribution in [0.15, 0.2) is 84.0 Å². The maximum atomic E-state index is 14.1. The molecule has 2 fully saturated rings. The largest absolute Gasteiger partial charge is 0.490 e. The van der Waals surface area contributed by atoms with Crippen LogP contribution in [0.2, 0.25) is 0 Å². The van der Waals surface area contributed by atoms with Crippen molar-refractivity contribution in [2.75, 3.05) is 53.0 Å². The number of fused-ring (bicyclic) bond motifs is 2. The van der Waals surface area contributed by atoms with E-state index in [1.54, 1.807) is 48.7 Å². The van der Waals surface area contributed by atoms with Gasteiger partial charge in [0.2, 0.25) is 12.0 Å². The van der Waals surface area contributed by atoms with Gasteiger partial charge in [0.1, 0.15) is 64.7 Å². The van der Waals surface area contributed by atoms with Gasteiger partial charge in [0, 0.05) is 62.4 Å². The van der Waals surface area contributed by atoms with Crippen LogP contribution in [-0.2, 0) is 33.7 Å². The van der Waals surface area contributed by atoms with Gasteiger partial charge in [0.25, 0.3) is 0 Å². The first-order valence-electron chi connectivity index (χ1n) is 20.5. The number of rotatable bonds is 8. The minimum absolute atomic E-state index is 0.0777. The van der Waals surface area contributed by atoms with E-state index in [2.05, 4.69) is 37.7 Å². The number of carbonyl (C=O) groups is 1. The van der Waals surface area contributed by atoms with Crippen LogP contribution < -0.4 is 14.2 Å². The van der Waals surface area contributed by atoms with Crippen molar-refractivity contribution in [3.8, 4) is 40.2 Å². The molecule has 0 aliphatic carbocycles. The molecule has 0 amide bonds. The molecule has 3 atom stereocenters. The molecule has 0 radical (unpaired) electrons. The van der Waals surface area contributed by atoms with E-state index in [0.717, 1.165) is 61.4 Å². The Morgan fingerprint density at radius 2 is 1.92 bits per heavy atom. The molecule has 0 unspecified atom stereocenters. The van der Waals surface area contributed by atoms with Crippen LogP contribution in [0.4, 0.5) is 4.39 Å². The summed E-state index contributed by atoms with van der Waals surface area (Å²) in [4.78, 5) is 37.3. The number of piperazine rings is 1. The van der Waals surface area contributed by atoms with E-state index in [4.69, 9.17) is 46.7 Å². The minimum atomic E-state index is -1.41. The van der Waals surface area contributed by atoms with Crippen molar-refractivity contribution in [3.05, 3.63) is 112 Å². The second-order valence-corrected chi connectivity index (χ2v) is 16.7. The van der Waals surface area contributed by atoms with Gasteiger partial charge < -0.3 is 33.7 Å². The van der Waals surface area contributed by atoms with Gasteiger partial charge in [0.15, 0.2) is 5.82 Å². The molecule has 13 nitrogen and oxygen atoms in total. The topological polar surface area (TPSA) is 141 Å². The Balaban J connectivity index is 1.19. The van der Waals surface area contributed by atoms with E-state index in [1.165, 1.54) is 29.8 Å². The number of halogens is 2. The Labute approximate surface area is 368 Å². The zero-order valence-electron chi connectivity index (χ0n) is 34.2. The number of hydrogen-bond donors (Lipinski definition) is 1. The molecular weight excluding hydrogens is 835 g/mol. The first-order chi connectivity index (χ1) is 30.2. The van der Waals surface area contributed by atoms with Gasteiger partial charge >= 0.3 is 5.97 Å². The van der Waals surface area contributed by atoms with Crippen LogP contribution in [-0.4, -0.2) is 106 Å². The third-order valence-corrected chi connectivity index (χ3v) is 12.4. The number of hydrogen-bond acceptors (Lipinski definition) is 13. The van der Waals surface area contributed by atoms with Gasteiger partial charge in [-0.15, -0.1) is 17.8 Å². The molecule has 5 aromatic rings. The summed E-state index contributed by atoms with van der Waals surface area (Å²) in [6.45, 7) is 4.88. The average Bonchev–Trinajstić information content (AvgIpc) is 3.67. The number of terminal acetylenes is 1. The van der Waals surface area contributed by atoms with Crippen LogP contribution in [0, 0.1) is 18.2 Å². The maximum absolute atomic E-state index is 14.1. The average molecular weight is 881 g/mol. The van der Waals surface area contributed by atoms with Gasteiger partial charge in [0.05, 0.1) is 11.1 Å². The van der Waals surface area contributed by atoms with Crippen molar-refractivity contribution in [1.82, 2.24) is 29.7 Å². The van der Waals surface area contributed by atoms with E-state index in [9.17, 15) is 14.3 Å². The predicted molar refractivity (Wildman–Crippen MR) is 233 cm³/mol. The molecule has 0 spiro atoms. The standard InChI is InChI=1S/C46H46ClFN6O7S/c1-3-36(47)38-9-6-7-35-41-44(50-28-51-45(41)62-42(35)29-10-12-31(48)13-11-29)61-40(46(55)56)24-30-23-33(58-27-34(60-38)25-54-20-18-53(2)19-21-54)14-15-37(30)59-26-32-16-17-49-43(52-32)39-8-4-5-22-57-39/h1,6,9-17,23,28,34,39-40H,4-5,7-8,18-22,24-27H2,2H3,(H,55,56)/b9-6-,38-36-/t34-,39+,40-/m1/s1. The molecule has 2 saturated heterocycles. The van der Waals surface area contributed by atoms with Crippen LogP contribution >= 0.6 is 22.9 Å². The van der Waals surface area contributed by atoms with Crippen molar-refractivity contribution in [2.45, 2.75) is 57.0 Å². The Morgan fingerprint density at radius 1 is 1.08 bits per heavy atom. The van der Waals surface area contributed by atoms with Crippen molar-refractivity contribution in [1.29, 1.82) is 0 Å². The normalized spacial score (nSPS) is 21.7. The maximum Gasteiger partial charge on any atom is 0.345 e. The number of nitrogens with zero attached hydrogens (tertiary/aromatic N) is 6. The zero-order chi connectivity index (χ0) is 43.0. The second-order valence-electron chi connectivity index (χ2n) is 15.3. The number of allylic oxidation sites excluding steroid dienone is 3. The Kier molecular flexibility index (Phi) is 13.9. The third kappa shape index (κ3) is 10.5. The first kappa shape index (κ1) is 43.0. The van der Waals surface area contributed by atoms with E-state index >= 15 is 0 Å². The highest BCUT2D eigenvalue weighted by Gasteiger charge is 2.28. The lowest BCUT2D eigenvalue weighted by Crippen LogP contribution is -2.48. The predicted octanol–water partition coefficient (Wildman–Crippen LogP) is 7.39. The lowest BCUT2D eigenvalue weighted by atomic mass is 10.0. The lowest BCUT2D eigenvalue weighted by molar-refractivity contribution is -0.145. The summed E-state index contributed by atoms with van der Waals surface area (Å²) >= 11 is 8.03. The Hall–Kier alpha value is -5.63.